The lowest BCUT2D eigenvalue weighted by molar-refractivity contribution is 0.0938. The number of aromatic nitrogens is 1. The van der Waals surface area contributed by atoms with Crippen molar-refractivity contribution in [1.29, 1.82) is 0 Å². The fourth-order valence-electron chi connectivity index (χ4n) is 2.52. The Labute approximate surface area is 137 Å². The Bertz CT molecular complexity index is 730. The SMILES string of the molecule is Cc1ccc(C(=O)NC(C)c2ccc(CC(C)C)cc2)c(=O)[nH]1. The summed E-state index contributed by atoms with van der Waals surface area (Å²) in [5.74, 6) is 0.260. The van der Waals surface area contributed by atoms with Gasteiger partial charge < -0.3 is 10.3 Å². The number of carbonyl (C=O) groups excluding carboxylic acids is 1. The van der Waals surface area contributed by atoms with Crippen LogP contribution < -0.4 is 10.9 Å². The predicted octanol–water partition coefficient (Wildman–Crippen LogP) is 3.37. The molecule has 1 unspecified atom stereocenters. The summed E-state index contributed by atoms with van der Waals surface area (Å²) >= 11 is 0. The van der Waals surface area contributed by atoms with Crippen molar-refractivity contribution in [3.63, 3.8) is 0 Å². The van der Waals surface area contributed by atoms with Gasteiger partial charge in [0, 0.05) is 5.69 Å². The highest BCUT2D eigenvalue weighted by Crippen LogP contribution is 2.16. The molecule has 0 bridgehead atoms. The first kappa shape index (κ1) is 17.0. The first-order valence-electron chi connectivity index (χ1n) is 7.96. The minimum absolute atomic E-state index is 0.138. The molecule has 0 saturated carbocycles. The number of nitrogens with one attached hydrogen (secondary N) is 2. The fraction of sp³-hybridized carbons (Fsp3) is 0.368. The number of aromatic amines is 1. The van der Waals surface area contributed by atoms with E-state index in [1.54, 1.807) is 19.1 Å². The molecule has 1 aromatic heterocycles. The summed E-state index contributed by atoms with van der Waals surface area (Å²) in [6.07, 6.45) is 1.04. The number of hydrogen-bond acceptors (Lipinski definition) is 2. The largest absolute Gasteiger partial charge is 0.345 e. The topological polar surface area (TPSA) is 62.0 Å². The summed E-state index contributed by atoms with van der Waals surface area (Å²) < 4.78 is 0. The van der Waals surface area contributed by atoms with Crippen molar-refractivity contribution >= 4 is 5.91 Å². The molecule has 4 nitrogen and oxygen atoms in total. The quantitative estimate of drug-likeness (QED) is 0.889. The normalized spacial score (nSPS) is 12.2. The van der Waals surface area contributed by atoms with Crippen LogP contribution in [0.2, 0.25) is 0 Å². The van der Waals surface area contributed by atoms with E-state index in [2.05, 4.69) is 36.3 Å². The van der Waals surface area contributed by atoms with Crippen LogP contribution in [0.15, 0.2) is 41.2 Å². The van der Waals surface area contributed by atoms with Crippen molar-refractivity contribution in [2.75, 3.05) is 0 Å². The molecular formula is C19H24N2O2. The lowest BCUT2D eigenvalue weighted by Crippen LogP contribution is -2.31. The van der Waals surface area contributed by atoms with E-state index in [0.29, 0.717) is 5.92 Å². The molecule has 122 valence electrons. The molecule has 23 heavy (non-hydrogen) atoms. The molecule has 2 N–H and O–H groups in total. The molecule has 1 aromatic carbocycles. The third-order valence-corrected chi connectivity index (χ3v) is 3.77. The van der Waals surface area contributed by atoms with Crippen molar-refractivity contribution in [3.05, 3.63) is 69.1 Å². The number of hydrogen-bond donors (Lipinski definition) is 2. The van der Waals surface area contributed by atoms with Crippen LogP contribution in [-0.2, 0) is 6.42 Å². The van der Waals surface area contributed by atoms with E-state index in [9.17, 15) is 9.59 Å². The van der Waals surface area contributed by atoms with Gasteiger partial charge in [0.25, 0.3) is 11.5 Å². The second kappa shape index (κ2) is 7.27. The average Bonchev–Trinajstić information content (AvgIpc) is 2.47. The molecule has 0 aliphatic heterocycles. The molecule has 1 heterocycles. The van der Waals surface area contributed by atoms with E-state index in [1.165, 1.54) is 5.56 Å². The molecule has 1 atom stereocenters. The van der Waals surface area contributed by atoms with Gasteiger partial charge >= 0.3 is 0 Å². The minimum atomic E-state index is -0.359. The van der Waals surface area contributed by atoms with Crippen molar-refractivity contribution in [3.8, 4) is 0 Å². The lowest BCUT2D eigenvalue weighted by Gasteiger charge is -2.15. The van der Waals surface area contributed by atoms with Crippen LogP contribution in [0, 0.1) is 12.8 Å². The smallest absolute Gasteiger partial charge is 0.260 e. The highest BCUT2D eigenvalue weighted by atomic mass is 16.2. The number of pyridine rings is 1. The number of rotatable bonds is 5. The van der Waals surface area contributed by atoms with Crippen LogP contribution in [0.4, 0.5) is 0 Å². The summed E-state index contributed by atoms with van der Waals surface area (Å²) in [7, 11) is 0. The zero-order chi connectivity index (χ0) is 17.0. The van der Waals surface area contributed by atoms with E-state index >= 15 is 0 Å². The van der Waals surface area contributed by atoms with Crippen LogP contribution in [0.1, 0.15) is 54.0 Å². The van der Waals surface area contributed by atoms with E-state index in [0.717, 1.165) is 17.7 Å². The molecule has 0 fully saturated rings. The van der Waals surface area contributed by atoms with Gasteiger partial charge in [0.2, 0.25) is 0 Å². The summed E-state index contributed by atoms with van der Waals surface area (Å²) in [6, 6.07) is 11.4. The van der Waals surface area contributed by atoms with Crippen molar-refractivity contribution < 1.29 is 4.79 Å². The molecule has 0 aliphatic carbocycles. The molecule has 4 heteroatoms. The van der Waals surface area contributed by atoms with E-state index in [1.807, 2.05) is 19.1 Å². The molecule has 0 radical (unpaired) electrons. The summed E-state index contributed by atoms with van der Waals surface area (Å²) in [4.78, 5) is 26.7. The van der Waals surface area contributed by atoms with Gasteiger partial charge in [-0.25, -0.2) is 0 Å². The molecule has 0 spiro atoms. The Balaban J connectivity index is 2.07. The van der Waals surface area contributed by atoms with Crippen molar-refractivity contribution in [2.24, 2.45) is 5.92 Å². The average molecular weight is 312 g/mol. The molecule has 2 aromatic rings. The number of aryl methyl sites for hydroxylation is 1. The lowest BCUT2D eigenvalue weighted by atomic mass is 10.00. The second-order valence-corrected chi connectivity index (χ2v) is 6.42. The third-order valence-electron chi connectivity index (χ3n) is 3.77. The Morgan fingerprint density at radius 1 is 1.09 bits per heavy atom. The predicted molar refractivity (Wildman–Crippen MR) is 92.7 cm³/mol. The highest BCUT2D eigenvalue weighted by molar-refractivity contribution is 5.94. The van der Waals surface area contributed by atoms with Gasteiger partial charge in [-0.05, 0) is 49.4 Å². The Kier molecular flexibility index (Phi) is 5.37. The number of benzene rings is 1. The van der Waals surface area contributed by atoms with E-state index < -0.39 is 0 Å². The molecule has 1 amide bonds. The maximum absolute atomic E-state index is 12.2. The second-order valence-electron chi connectivity index (χ2n) is 6.42. The Morgan fingerprint density at radius 3 is 2.30 bits per heavy atom. The van der Waals surface area contributed by atoms with Gasteiger partial charge in [-0.2, -0.15) is 0 Å². The van der Waals surface area contributed by atoms with Crippen molar-refractivity contribution in [2.45, 2.75) is 40.2 Å². The Morgan fingerprint density at radius 2 is 1.74 bits per heavy atom. The zero-order valence-electron chi connectivity index (χ0n) is 14.1. The van der Waals surface area contributed by atoms with Crippen LogP contribution in [0.25, 0.3) is 0 Å². The molecule has 0 aliphatic rings. The Hall–Kier alpha value is -2.36. The van der Waals surface area contributed by atoms with Gasteiger partial charge in [0.05, 0.1) is 6.04 Å². The van der Waals surface area contributed by atoms with Gasteiger partial charge in [0.15, 0.2) is 0 Å². The first-order chi connectivity index (χ1) is 10.9. The van der Waals surface area contributed by atoms with Crippen LogP contribution in [-0.4, -0.2) is 10.9 Å². The van der Waals surface area contributed by atoms with Crippen LogP contribution in [0.3, 0.4) is 0 Å². The molecule has 0 saturated heterocycles. The number of H-pyrrole nitrogens is 1. The monoisotopic (exact) mass is 312 g/mol. The van der Waals surface area contributed by atoms with Gasteiger partial charge in [-0.1, -0.05) is 38.1 Å². The standard InChI is InChI=1S/C19H24N2O2/c1-12(2)11-15-6-8-16(9-7-15)14(4)21-19(23)17-10-5-13(3)20-18(17)22/h5-10,12,14H,11H2,1-4H3,(H,20,22)(H,21,23). The fourth-order valence-corrected chi connectivity index (χ4v) is 2.52. The first-order valence-corrected chi connectivity index (χ1v) is 7.96. The van der Waals surface area contributed by atoms with Crippen LogP contribution in [0.5, 0.6) is 0 Å². The number of carbonyl (C=O) groups is 1. The summed E-state index contributed by atoms with van der Waals surface area (Å²) in [6.45, 7) is 8.08. The maximum atomic E-state index is 12.2. The maximum Gasteiger partial charge on any atom is 0.260 e. The van der Waals surface area contributed by atoms with E-state index in [4.69, 9.17) is 0 Å². The summed E-state index contributed by atoms with van der Waals surface area (Å²) in [5.41, 5.74) is 2.83. The molecule has 2 rings (SSSR count). The zero-order valence-corrected chi connectivity index (χ0v) is 14.1. The van der Waals surface area contributed by atoms with E-state index in [-0.39, 0.29) is 23.1 Å². The van der Waals surface area contributed by atoms with Gasteiger partial charge in [0.1, 0.15) is 5.56 Å². The summed E-state index contributed by atoms with van der Waals surface area (Å²) in [5, 5.41) is 2.87. The molecular weight excluding hydrogens is 288 g/mol. The van der Waals surface area contributed by atoms with Gasteiger partial charge in [-0.15, -0.1) is 0 Å². The minimum Gasteiger partial charge on any atom is -0.345 e. The van der Waals surface area contributed by atoms with Crippen LogP contribution >= 0.6 is 0 Å². The van der Waals surface area contributed by atoms with Crippen molar-refractivity contribution in [1.82, 2.24) is 10.3 Å². The number of amides is 1. The highest BCUT2D eigenvalue weighted by Gasteiger charge is 2.14. The third kappa shape index (κ3) is 4.55. The van der Waals surface area contributed by atoms with Gasteiger partial charge in [-0.3, -0.25) is 9.59 Å².